The van der Waals surface area contributed by atoms with Crippen molar-refractivity contribution in [2.24, 2.45) is 0 Å². The summed E-state index contributed by atoms with van der Waals surface area (Å²) in [4.78, 5) is 12.1. The predicted molar refractivity (Wildman–Crippen MR) is 90.8 cm³/mol. The second-order valence-electron chi connectivity index (χ2n) is 5.29. The molecular formula is C18H22N2O2. The third kappa shape index (κ3) is 4.25. The van der Waals surface area contributed by atoms with Crippen molar-refractivity contribution < 1.29 is 9.53 Å². The maximum Gasteiger partial charge on any atom is 0.323 e. The molecule has 2 rings (SSSR count). The lowest BCUT2D eigenvalue weighted by Crippen LogP contribution is -2.19. The highest BCUT2D eigenvalue weighted by molar-refractivity contribution is 6.00. The number of hydrogen-bond acceptors (Lipinski definition) is 2. The molecule has 0 heterocycles. The minimum absolute atomic E-state index is 0.288. The molecule has 0 bridgehead atoms. The number of hydrogen-bond donors (Lipinski definition) is 2. The summed E-state index contributed by atoms with van der Waals surface area (Å²) < 4.78 is 5.49. The van der Waals surface area contributed by atoms with Crippen molar-refractivity contribution in [2.45, 2.75) is 26.7 Å². The van der Waals surface area contributed by atoms with Crippen LogP contribution in [-0.4, -0.2) is 12.6 Å². The number of ether oxygens (including phenoxy) is 1. The van der Waals surface area contributed by atoms with E-state index >= 15 is 0 Å². The Morgan fingerprint density at radius 2 is 1.73 bits per heavy atom. The number of benzene rings is 2. The molecule has 0 saturated heterocycles. The van der Waals surface area contributed by atoms with Crippen LogP contribution in [0, 0.1) is 0 Å². The van der Waals surface area contributed by atoms with E-state index in [2.05, 4.69) is 24.5 Å². The predicted octanol–water partition coefficient (Wildman–Crippen LogP) is 4.85. The lowest BCUT2D eigenvalue weighted by Gasteiger charge is -2.12. The first-order valence-electron chi connectivity index (χ1n) is 7.50. The van der Waals surface area contributed by atoms with Crippen LogP contribution in [0.2, 0.25) is 0 Å². The van der Waals surface area contributed by atoms with Crippen molar-refractivity contribution in [3.63, 3.8) is 0 Å². The fourth-order valence-corrected chi connectivity index (χ4v) is 2.09. The van der Waals surface area contributed by atoms with Gasteiger partial charge < -0.3 is 15.4 Å². The Morgan fingerprint density at radius 1 is 1.05 bits per heavy atom. The van der Waals surface area contributed by atoms with Crippen LogP contribution in [-0.2, 0) is 0 Å². The standard InChI is InChI=1S/C18H22N2O2/c1-4-22-17-8-6-5-7-16(17)20-18(21)19-15-11-9-14(10-12-15)13(2)3/h5-13H,4H2,1-3H3,(H2,19,20,21). The topological polar surface area (TPSA) is 50.4 Å². The molecule has 0 spiro atoms. The molecule has 22 heavy (non-hydrogen) atoms. The van der Waals surface area contributed by atoms with Gasteiger partial charge in [0.15, 0.2) is 0 Å². The Bertz CT molecular complexity index is 621. The molecule has 4 nitrogen and oxygen atoms in total. The second kappa shape index (κ2) is 7.50. The van der Waals surface area contributed by atoms with Crippen molar-refractivity contribution in [1.29, 1.82) is 0 Å². The molecule has 0 aliphatic carbocycles. The molecule has 0 saturated carbocycles. The molecule has 0 unspecified atom stereocenters. The molecule has 0 radical (unpaired) electrons. The van der Waals surface area contributed by atoms with Gasteiger partial charge in [-0.15, -0.1) is 0 Å². The largest absolute Gasteiger partial charge is 0.492 e. The number of nitrogens with one attached hydrogen (secondary N) is 2. The fourth-order valence-electron chi connectivity index (χ4n) is 2.09. The van der Waals surface area contributed by atoms with E-state index in [0.717, 1.165) is 5.69 Å². The average Bonchev–Trinajstić information content (AvgIpc) is 2.50. The first kappa shape index (κ1) is 15.9. The summed E-state index contributed by atoms with van der Waals surface area (Å²) in [5.74, 6) is 1.14. The molecule has 0 fully saturated rings. The van der Waals surface area contributed by atoms with E-state index in [0.29, 0.717) is 24.0 Å². The van der Waals surface area contributed by atoms with Crippen LogP contribution < -0.4 is 15.4 Å². The maximum atomic E-state index is 12.1. The van der Waals surface area contributed by atoms with E-state index in [4.69, 9.17) is 4.74 Å². The molecule has 2 aromatic rings. The lowest BCUT2D eigenvalue weighted by atomic mass is 10.0. The molecule has 116 valence electrons. The summed E-state index contributed by atoms with van der Waals surface area (Å²) in [6, 6.07) is 14.9. The SMILES string of the molecule is CCOc1ccccc1NC(=O)Nc1ccc(C(C)C)cc1. The van der Waals surface area contributed by atoms with Crippen LogP contribution in [0.5, 0.6) is 5.75 Å². The van der Waals surface area contributed by atoms with Gasteiger partial charge in [-0.1, -0.05) is 38.1 Å². The number of carbonyl (C=O) groups excluding carboxylic acids is 1. The fraction of sp³-hybridized carbons (Fsp3) is 0.278. The van der Waals surface area contributed by atoms with Crippen molar-refractivity contribution in [3.8, 4) is 5.75 Å². The molecular weight excluding hydrogens is 276 g/mol. The molecule has 0 atom stereocenters. The molecule has 4 heteroatoms. The van der Waals surface area contributed by atoms with Crippen molar-refractivity contribution in [2.75, 3.05) is 17.2 Å². The Hall–Kier alpha value is -2.49. The summed E-state index contributed by atoms with van der Waals surface area (Å²) >= 11 is 0. The van der Waals surface area contributed by atoms with Gasteiger partial charge in [0.1, 0.15) is 5.75 Å². The van der Waals surface area contributed by atoms with Gasteiger partial charge >= 0.3 is 6.03 Å². The Morgan fingerprint density at radius 3 is 2.36 bits per heavy atom. The van der Waals surface area contributed by atoms with Gasteiger partial charge in [0.05, 0.1) is 12.3 Å². The van der Waals surface area contributed by atoms with E-state index < -0.39 is 0 Å². The van der Waals surface area contributed by atoms with E-state index in [9.17, 15) is 4.79 Å². The Kier molecular flexibility index (Phi) is 5.42. The smallest absolute Gasteiger partial charge is 0.323 e. The highest BCUT2D eigenvalue weighted by Gasteiger charge is 2.07. The summed E-state index contributed by atoms with van der Waals surface area (Å²) in [6.45, 7) is 6.74. The first-order chi connectivity index (χ1) is 10.6. The van der Waals surface area contributed by atoms with Gasteiger partial charge in [0.2, 0.25) is 0 Å². The van der Waals surface area contributed by atoms with Gasteiger partial charge in [-0.3, -0.25) is 0 Å². The zero-order chi connectivity index (χ0) is 15.9. The van der Waals surface area contributed by atoms with Crippen LogP contribution in [0.4, 0.5) is 16.2 Å². The molecule has 0 aromatic heterocycles. The first-order valence-corrected chi connectivity index (χ1v) is 7.50. The van der Waals surface area contributed by atoms with Crippen molar-refractivity contribution >= 4 is 17.4 Å². The number of urea groups is 1. The summed E-state index contributed by atoms with van der Waals surface area (Å²) in [5, 5.41) is 5.63. The summed E-state index contributed by atoms with van der Waals surface area (Å²) in [7, 11) is 0. The molecule has 0 aliphatic rings. The average molecular weight is 298 g/mol. The van der Waals surface area contributed by atoms with Crippen LogP contribution in [0.15, 0.2) is 48.5 Å². The molecule has 0 aliphatic heterocycles. The Labute approximate surface area is 131 Å². The van der Waals surface area contributed by atoms with Gasteiger partial charge in [0, 0.05) is 5.69 Å². The zero-order valence-electron chi connectivity index (χ0n) is 13.2. The van der Waals surface area contributed by atoms with Gasteiger partial charge in [0.25, 0.3) is 0 Å². The maximum absolute atomic E-state index is 12.1. The lowest BCUT2D eigenvalue weighted by molar-refractivity contribution is 0.262. The van der Waals surface area contributed by atoms with Gasteiger partial charge in [-0.05, 0) is 42.7 Å². The number of carbonyl (C=O) groups is 1. The molecule has 2 aromatic carbocycles. The van der Waals surface area contributed by atoms with Crippen LogP contribution in [0.1, 0.15) is 32.3 Å². The van der Waals surface area contributed by atoms with Crippen LogP contribution >= 0.6 is 0 Å². The third-order valence-corrected chi connectivity index (χ3v) is 3.27. The Balaban J connectivity index is 2.01. The highest BCUT2D eigenvalue weighted by atomic mass is 16.5. The normalized spacial score (nSPS) is 10.4. The van der Waals surface area contributed by atoms with Crippen molar-refractivity contribution in [3.05, 3.63) is 54.1 Å². The van der Waals surface area contributed by atoms with E-state index in [-0.39, 0.29) is 6.03 Å². The van der Waals surface area contributed by atoms with Gasteiger partial charge in [-0.25, -0.2) is 4.79 Å². The molecule has 2 N–H and O–H groups in total. The number of anilines is 2. The second-order valence-corrected chi connectivity index (χ2v) is 5.29. The third-order valence-electron chi connectivity index (χ3n) is 3.27. The molecule has 2 amide bonds. The van der Waals surface area contributed by atoms with Gasteiger partial charge in [-0.2, -0.15) is 0 Å². The van der Waals surface area contributed by atoms with Crippen LogP contribution in [0.3, 0.4) is 0 Å². The van der Waals surface area contributed by atoms with E-state index in [1.54, 1.807) is 0 Å². The van der Waals surface area contributed by atoms with E-state index in [1.165, 1.54) is 5.56 Å². The zero-order valence-corrected chi connectivity index (χ0v) is 13.2. The quantitative estimate of drug-likeness (QED) is 0.828. The van der Waals surface area contributed by atoms with Crippen molar-refractivity contribution in [1.82, 2.24) is 0 Å². The highest BCUT2D eigenvalue weighted by Crippen LogP contribution is 2.24. The van der Waals surface area contributed by atoms with E-state index in [1.807, 2.05) is 55.5 Å². The summed E-state index contributed by atoms with van der Waals surface area (Å²) in [5.41, 5.74) is 2.66. The number of para-hydroxylation sites is 2. The number of amides is 2. The minimum Gasteiger partial charge on any atom is -0.492 e. The monoisotopic (exact) mass is 298 g/mol. The minimum atomic E-state index is -0.288. The van der Waals surface area contributed by atoms with Crippen LogP contribution in [0.25, 0.3) is 0 Å². The number of rotatable bonds is 5. The summed E-state index contributed by atoms with van der Waals surface area (Å²) in [6.07, 6.45) is 0.